The number of amides is 2. The van der Waals surface area contributed by atoms with E-state index in [2.05, 4.69) is 28.0 Å². The largest absolute Gasteiger partial charge is 0.381 e. The number of carbonyl (C=O) groups is 1. The number of anilines is 2. The maximum atomic E-state index is 11.2. The van der Waals surface area contributed by atoms with E-state index in [1.807, 2.05) is 42.2 Å². The minimum Gasteiger partial charge on any atom is -0.381 e. The molecule has 0 saturated heterocycles. The topological polar surface area (TPSA) is 71.0 Å². The van der Waals surface area contributed by atoms with Gasteiger partial charge in [-0.2, -0.15) is 5.10 Å². The van der Waals surface area contributed by atoms with Crippen LogP contribution in [0.3, 0.4) is 0 Å². The van der Waals surface area contributed by atoms with Gasteiger partial charge < -0.3 is 16.0 Å². The number of nitrogens with zero attached hydrogens (tertiary/aromatic N) is 2. The third-order valence-electron chi connectivity index (χ3n) is 3.18. The van der Waals surface area contributed by atoms with Crippen LogP contribution in [0, 0.1) is 0 Å². The molecule has 1 aromatic heterocycles. The molecule has 112 valence electrons. The van der Waals surface area contributed by atoms with Gasteiger partial charge in [-0.05, 0) is 30.7 Å². The summed E-state index contributed by atoms with van der Waals surface area (Å²) in [6, 6.07) is 7.38. The van der Waals surface area contributed by atoms with Crippen LogP contribution in [0.2, 0.25) is 0 Å². The number of hydrogen-bond donors (Lipinski definition) is 3. The fourth-order valence-corrected chi connectivity index (χ4v) is 2.09. The first-order chi connectivity index (χ1) is 10.1. The molecule has 0 spiro atoms. The van der Waals surface area contributed by atoms with Gasteiger partial charge in [0.2, 0.25) is 0 Å². The molecule has 2 amide bonds. The Morgan fingerprint density at radius 1 is 1.24 bits per heavy atom. The van der Waals surface area contributed by atoms with Crippen LogP contribution in [-0.4, -0.2) is 22.9 Å². The minimum atomic E-state index is -0.223. The van der Waals surface area contributed by atoms with Crippen molar-refractivity contribution < 1.29 is 4.79 Å². The van der Waals surface area contributed by atoms with Crippen LogP contribution in [0.1, 0.15) is 18.2 Å². The highest BCUT2D eigenvalue weighted by atomic mass is 16.2. The fraction of sp³-hybridized carbons (Fsp3) is 0.333. The van der Waals surface area contributed by atoms with Crippen LogP contribution in [-0.2, 0) is 20.0 Å². The lowest BCUT2D eigenvalue weighted by atomic mass is 10.2. The SMILES string of the molecule is CCc1nn(C)cc1CNc1ccc(NC(=O)NC)cc1. The maximum Gasteiger partial charge on any atom is 0.318 e. The van der Waals surface area contributed by atoms with Gasteiger partial charge in [-0.3, -0.25) is 4.68 Å². The van der Waals surface area contributed by atoms with Crippen molar-refractivity contribution in [1.29, 1.82) is 0 Å². The number of nitrogens with one attached hydrogen (secondary N) is 3. The summed E-state index contributed by atoms with van der Waals surface area (Å²) in [5.41, 5.74) is 4.08. The Kier molecular flexibility index (Phi) is 4.81. The molecule has 1 aromatic carbocycles. The fourth-order valence-electron chi connectivity index (χ4n) is 2.09. The monoisotopic (exact) mass is 287 g/mol. The first kappa shape index (κ1) is 14.9. The van der Waals surface area contributed by atoms with Crippen LogP contribution in [0.5, 0.6) is 0 Å². The Balaban J connectivity index is 1.95. The van der Waals surface area contributed by atoms with Crippen molar-refractivity contribution >= 4 is 17.4 Å². The van der Waals surface area contributed by atoms with Gasteiger partial charge in [0, 0.05) is 43.8 Å². The molecule has 0 fully saturated rings. The van der Waals surface area contributed by atoms with Gasteiger partial charge in [-0.25, -0.2) is 4.79 Å². The number of benzene rings is 1. The van der Waals surface area contributed by atoms with E-state index in [4.69, 9.17) is 0 Å². The smallest absolute Gasteiger partial charge is 0.318 e. The molecule has 2 rings (SSSR count). The lowest BCUT2D eigenvalue weighted by Gasteiger charge is -2.08. The second-order valence-electron chi connectivity index (χ2n) is 4.76. The lowest BCUT2D eigenvalue weighted by molar-refractivity contribution is 0.254. The molecule has 2 aromatic rings. The molecule has 3 N–H and O–H groups in total. The number of carbonyl (C=O) groups excluding carboxylic acids is 1. The zero-order chi connectivity index (χ0) is 15.2. The molecule has 6 heteroatoms. The third-order valence-corrected chi connectivity index (χ3v) is 3.18. The van der Waals surface area contributed by atoms with Crippen molar-refractivity contribution in [1.82, 2.24) is 15.1 Å². The molecule has 0 atom stereocenters. The van der Waals surface area contributed by atoms with E-state index in [9.17, 15) is 4.79 Å². The average molecular weight is 287 g/mol. The third kappa shape index (κ3) is 3.98. The van der Waals surface area contributed by atoms with Gasteiger partial charge in [-0.1, -0.05) is 6.92 Å². The second-order valence-corrected chi connectivity index (χ2v) is 4.76. The number of rotatable bonds is 5. The predicted octanol–water partition coefficient (Wildman–Crippen LogP) is 2.35. The Labute approximate surface area is 124 Å². The predicted molar refractivity (Wildman–Crippen MR) is 84.4 cm³/mol. The summed E-state index contributed by atoms with van der Waals surface area (Å²) in [4.78, 5) is 11.2. The first-order valence-electron chi connectivity index (χ1n) is 6.96. The van der Waals surface area contributed by atoms with Crippen molar-refractivity contribution in [2.75, 3.05) is 17.7 Å². The molecular formula is C15H21N5O. The van der Waals surface area contributed by atoms with Gasteiger partial charge in [0.05, 0.1) is 5.69 Å². The first-order valence-corrected chi connectivity index (χ1v) is 6.96. The van der Waals surface area contributed by atoms with Crippen molar-refractivity contribution in [3.8, 4) is 0 Å². The lowest BCUT2D eigenvalue weighted by Crippen LogP contribution is -2.24. The Morgan fingerprint density at radius 2 is 1.90 bits per heavy atom. The van der Waals surface area contributed by atoms with Crippen LogP contribution in [0.4, 0.5) is 16.2 Å². The number of hydrogen-bond acceptors (Lipinski definition) is 3. The van der Waals surface area contributed by atoms with Crippen LogP contribution < -0.4 is 16.0 Å². The molecule has 0 bridgehead atoms. The number of urea groups is 1. The average Bonchev–Trinajstić information content (AvgIpc) is 2.86. The summed E-state index contributed by atoms with van der Waals surface area (Å²) in [5, 5.41) is 13.0. The molecular weight excluding hydrogens is 266 g/mol. The van der Waals surface area contributed by atoms with Crippen molar-refractivity contribution in [2.24, 2.45) is 7.05 Å². The number of aromatic nitrogens is 2. The van der Waals surface area contributed by atoms with Crippen molar-refractivity contribution in [2.45, 2.75) is 19.9 Å². The Morgan fingerprint density at radius 3 is 2.52 bits per heavy atom. The quantitative estimate of drug-likeness (QED) is 0.790. The van der Waals surface area contributed by atoms with E-state index in [1.165, 1.54) is 5.56 Å². The highest BCUT2D eigenvalue weighted by Gasteiger charge is 2.05. The summed E-state index contributed by atoms with van der Waals surface area (Å²) in [6.07, 6.45) is 2.96. The molecule has 0 saturated carbocycles. The van der Waals surface area contributed by atoms with Gasteiger partial charge in [0.1, 0.15) is 0 Å². The molecule has 0 unspecified atom stereocenters. The highest BCUT2D eigenvalue weighted by Crippen LogP contribution is 2.15. The van der Waals surface area contributed by atoms with Gasteiger partial charge in [0.25, 0.3) is 0 Å². The molecule has 0 aliphatic heterocycles. The van der Waals surface area contributed by atoms with Crippen LogP contribution in [0.25, 0.3) is 0 Å². The van der Waals surface area contributed by atoms with Gasteiger partial charge >= 0.3 is 6.03 Å². The van der Waals surface area contributed by atoms with E-state index < -0.39 is 0 Å². The molecule has 21 heavy (non-hydrogen) atoms. The van der Waals surface area contributed by atoms with E-state index in [0.29, 0.717) is 0 Å². The summed E-state index contributed by atoms with van der Waals surface area (Å²) < 4.78 is 1.84. The van der Waals surface area contributed by atoms with Gasteiger partial charge in [-0.15, -0.1) is 0 Å². The summed E-state index contributed by atoms with van der Waals surface area (Å²) in [7, 11) is 3.52. The maximum absolute atomic E-state index is 11.2. The Hall–Kier alpha value is -2.50. The van der Waals surface area contributed by atoms with Crippen LogP contribution in [0.15, 0.2) is 30.5 Å². The molecule has 0 aliphatic carbocycles. The number of aryl methyl sites for hydroxylation is 2. The Bertz CT molecular complexity index is 603. The zero-order valence-corrected chi connectivity index (χ0v) is 12.6. The molecule has 1 heterocycles. The normalized spacial score (nSPS) is 10.2. The van der Waals surface area contributed by atoms with Crippen LogP contribution >= 0.6 is 0 Å². The van der Waals surface area contributed by atoms with E-state index in [-0.39, 0.29) is 6.03 Å². The minimum absolute atomic E-state index is 0.223. The zero-order valence-electron chi connectivity index (χ0n) is 12.6. The van der Waals surface area contributed by atoms with E-state index >= 15 is 0 Å². The molecule has 0 radical (unpaired) electrons. The second kappa shape index (κ2) is 6.78. The standard InChI is InChI=1S/C15H21N5O/c1-4-14-11(10-20(3)19-14)9-17-12-5-7-13(8-6-12)18-15(21)16-2/h5-8,10,17H,4,9H2,1-3H3,(H2,16,18,21). The van der Waals surface area contributed by atoms with Crippen molar-refractivity contribution in [3.05, 3.63) is 41.7 Å². The summed E-state index contributed by atoms with van der Waals surface area (Å²) in [6.45, 7) is 2.84. The molecule has 6 nitrogen and oxygen atoms in total. The van der Waals surface area contributed by atoms with Crippen molar-refractivity contribution in [3.63, 3.8) is 0 Å². The molecule has 0 aliphatic rings. The van der Waals surface area contributed by atoms with Gasteiger partial charge in [0.15, 0.2) is 0 Å². The summed E-state index contributed by atoms with van der Waals surface area (Å²) >= 11 is 0. The van der Waals surface area contributed by atoms with E-state index in [0.717, 1.165) is 30.0 Å². The van der Waals surface area contributed by atoms with E-state index in [1.54, 1.807) is 7.05 Å². The summed E-state index contributed by atoms with van der Waals surface area (Å²) in [5.74, 6) is 0. The highest BCUT2D eigenvalue weighted by molar-refractivity contribution is 5.89.